The number of amidine groups is 2. The number of thioether (sulfide) groups is 1. The molecule has 8 heteroatoms. The molecule has 1 amide bonds. The molecule has 0 radical (unpaired) electrons. The van der Waals surface area contributed by atoms with Gasteiger partial charge in [-0.25, -0.2) is 0 Å². The molecule has 2 aliphatic rings. The number of carbonyl (C=O) groups excluding carboxylic acids is 1. The van der Waals surface area contributed by atoms with E-state index in [1.165, 1.54) is 22.3 Å². The molecule has 1 N–H and O–H groups in total. The lowest BCUT2D eigenvalue weighted by Gasteiger charge is -2.20. The maximum atomic E-state index is 12.5. The summed E-state index contributed by atoms with van der Waals surface area (Å²) in [5, 5.41) is 15.6. The Morgan fingerprint density at radius 2 is 1.66 bits per heavy atom. The van der Waals surface area contributed by atoms with E-state index in [1.54, 1.807) is 6.08 Å². The number of carbonyl (C=O) groups is 1. The lowest BCUT2D eigenvalue weighted by molar-refractivity contribution is -0.114. The fourth-order valence-electron chi connectivity index (χ4n) is 3.62. The number of rotatable bonds is 10. The van der Waals surface area contributed by atoms with Gasteiger partial charge in [0, 0.05) is 0 Å². The van der Waals surface area contributed by atoms with E-state index in [0.29, 0.717) is 30.0 Å². The van der Waals surface area contributed by atoms with Gasteiger partial charge >= 0.3 is 0 Å². The van der Waals surface area contributed by atoms with E-state index in [-0.39, 0.29) is 11.4 Å². The van der Waals surface area contributed by atoms with Crippen molar-refractivity contribution in [1.82, 2.24) is 5.01 Å². The van der Waals surface area contributed by atoms with Crippen LogP contribution in [-0.2, 0) is 4.79 Å². The van der Waals surface area contributed by atoms with Gasteiger partial charge in [-0.3, -0.25) is 10.2 Å². The van der Waals surface area contributed by atoms with Gasteiger partial charge in [-0.05, 0) is 78.4 Å². The van der Waals surface area contributed by atoms with Gasteiger partial charge in [-0.2, -0.15) is 15.1 Å². The van der Waals surface area contributed by atoms with E-state index in [1.807, 2.05) is 36.4 Å². The van der Waals surface area contributed by atoms with Crippen LogP contribution < -0.4 is 9.47 Å². The highest BCUT2D eigenvalue weighted by Gasteiger charge is 2.35. The highest BCUT2D eigenvalue weighted by Crippen LogP contribution is 2.30. The van der Waals surface area contributed by atoms with Crippen LogP contribution in [0.15, 0.2) is 64.2 Å². The number of hydrazone groups is 1. The summed E-state index contributed by atoms with van der Waals surface area (Å²) in [5.41, 5.74) is 2.32. The van der Waals surface area contributed by atoms with Crippen LogP contribution >= 0.6 is 11.8 Å². The van der Waals surface area contributed by atoms with Crippen molar-refractivity contribution in [2.24, 2.45) is 10.1 Å². The zero-order valence-electron chi connectivity index (χ0n) is 20.3. The van der Waals surface area contributed by atoms with Crippen molar-refractivity contribution >= 4 is 39.8 Å². The minimum absolute atomic E-state index is 0.0493. The van der Waals surface area contributed by atoms with E-state index in [2.05, 4.69) is 43.0 Å². The molecule has 0 spiro atoms. The van der Waals surface area contributed by atoms with Crippen molar-refractivity contribution < 1.29 is 14.3 Å². The first-order valence-electron chi connectivity index (χ1n) is 11.9. The van der Waals surface area contributed by atoms with Crippen LogP contribution in [0.3, 0.4) is 0 Å². The summed E-state index contributed by atoms with van der Waals surface area (Å²) in [6.45, 7) is 7.33. The standard InChI is InChI=1S/C27H30N4O3S/c1-4-6-24-30-31-25(28)23(26(32)29-27(31)35-24)17-19-7-11-21(12-8-19)33-15-16-34-22-13-9-20(10-14-22)18(3)5-2/h7-14,17-18,28H,4-6,15-16H2,1-3H3/b23-17-,28-25?/t18-/m0/s1. The summed E-state index contributed by atoms with van der Waals surface area (Å²) in [6.07, 6.45) is 4.53. The summed E-state index contributed by atoms with van der Waals surface area (Å²) in [4.78, 5) is 16.6. The molecule has 1 atom stereocenters. The molecule has 0 saturated heterocycles. The Morgan fingerprint density at radius 3 is 2.26 bits per heavy atom. The number of benzene rings is 2. The molecule has 2 aromatic carbocycles. The number of fused-ring (bicyclic) bond motifs is 1. The first kappa shape index (κ1) is 24.7. The number of nitrogens with one attached hydrogen (secondary N) is 1. The van der Waals surface area contributed by atoms with Crippen LogP contribution in [0.25, 0.3) is 6.08 Å². The SMILES string of the molecule is CCCC1=NN2C(=N)/C(=C/c3ccc(OCCOc4ccc([C@@H](C)CC)cc4)cc3)C(=O)N=C2S1. The maximum absolute atomic E-state index is 12.5. The molecule has 2 aliphatic heterocycles. The Hall–Kier alpha value is -3.39. The molecule has 0 fully saturated rings. The minimum Gasteiger partial charge on any atom is -0.490 e. The monoisotopic (exact) mass is 490 g/mol. The van der Waals surface area contributed by atoms with Crippen molar-refractivity contribution in [3.63, 3.8) is 0 Å². The van der Waals surface area contributed by atoms with Gasteiger partial charge in [-0.1, -0.05) is 45.0 Å². The van der Waals surface area contributed by atoms with Crippen molar-refractivity contribution in [2.75, 3.05) is 13.2 Å². The average Bonchev–Trinajstić information content (AvgIpc) is 3.28. The van der Waals surface area contributed by atoms with Gasteiger partial charge in [0.1, 0.15) is 29.8 Å². The van der Waals surface area contributed by atoms with Crippen LogP contribution in [0.4, 0.5) is 0 Å². The van der Waals surface area contributed by atoms with Crippen LogP contribution in [0.1, 0.15) is 57.1 Å². The molecular weight excluding hydrogens is 460 g/mol. The molecule has 182 valence electrons. The van der Waals surface area contributed by atoms with Gasteiger partial charge in [-0.15, -0.1) is 0 Å². The second-order valence-corrected chi connectivity index (χ2v) is 9.45. The molecule has 0 aromatic heterocycles. The molecule has 2 heterocycles. The Bertz CT molecular complexity index is 1170. The lowest BCUT2D eigenvalue weighted by Crippen LogP contribution is -2.35. The molecule has 2 aromatic rings. The summed E-state index contributed by atoms with van der Waals surface area (Å²) in [6, 6.07) is 15.6. The van der Waals surface area contributed by atoms with Crippen LogP contribution in [0.5, 0.6) is 11.5 Å². The number of amides is 1. The highest BCUT2D eigenvalue weighted by atomic mass is 32.2. The second kappa shape index (κ2) is 11.4. The second-order valence-electron chi connectivity index (χ2n) is 8.41. The molecule has 0 bridgehead atoms. The zero-order valence-corrected chi connectivity index (χ0v) is 21.1. The first-order valence-corrected chi connectivity index (χ1v) is 12.7. The van der Waals surface area contributed by atoms with Crippen LogP contribution in [0.2, 0.25) is 0 Å². The smallest absolute Gasteiger partial charge is 0.283 e. The van der Waals surface area contributed by atoms with Gasteiger partial charge in [0.2, 0.25) is 5.17 Å². The molecule has 4 rings (SSSR count). The highest BCUT2D eigenvalue weighted by molar-refractivity contribution is 8.26. The first-order chi connectivity index (χ1) is 17.0. The lowest BCUT2D eigenvalue weighted by atomic mass is 9.99. The molecule has 0 aliphatic carbocycles. The van der Waals surface area contributed by atoms with Gasteiger partial charge < -0.3 is 9.47 Å². The molecule has 35 heavy (non-hydrogen) atoms. The molecule has 0 saturated carbocycles. The van der Waals surface area contributed by atoms with E-state index in [4.69, 9.17) is 14.9 Å². The Morgan fingerprint density at radius 1 is 1.03 bits per heavy atom. The third kappa shape index (κ3) is 6.00. The van der Waals surface area contributed by atoms with Gasteiger partial charge in [0.05, 0.1) is 5.57 Å². The fraction of sp³-hybridized carbons (Fsp3) is 0.333. The van der Waals surface area contributed by atoms with Crippen LogP contribution in [0, 0.1) is 5.41 Å². The summed E-state index contributed by atoms with van der Waals surface area (Å²) < 4.78 is 11.6. The third-order valence-electron chi connectivity index (χ3n) is 5.83. The van der Waals surface area contributed by atoms with Crippen molar-refractivity contribution in [2.45, 2.75) is 46.0 Å². The summed E-state index contributed by atoms with van der Waals surface area (Å²) in [7, 11) is 0. The molecular formula is C27H30N4O3S. The molecule has 7 nitrogen and oxygen atoms in total. The number of nitrogens with zero attached hydrogens (tertiary/aromatic N) is 3. The van der Waals surface area contributed by atoms with Gasteiger partial charge in [0.15, 0.2) is 5.84 Å². The van der Waals surface area contributed by atoms with Crippen LogP contribution in [-0.4, -0.2) is 40.2 Å². The van der Waals surface area contributed by atoms with Crippen molar-refractivity contribution in [3.05, 3.63) is 65.2 Å². The maximum Gasteiger partial charge on any atom is 0.283 e. The van der Waals surface area contributed by atoms with Crippen molar-refractivity contribution in [3.8, 4) is 11.5 Å². The van der Waals surface area contributed by atoms with Gasteiger partial charge in [0.25, 0.3) is 5.91 Å². The quantitative estimate of drug-likeness (QED) is 0.322. The van der Waals surface area contributed by atoms with E-state index in [0.717, 1.165) is 35.6 Å². The number of hydrogen-bond acceptors (Lipinski definition) is 6. The Balaban J connectivity index is 1.30. The zero-order chi connectivity index (χ0) is 24.8. The average molecular weight is 491 g/mol. The normalized spacial score (nSPS) is 17.2. The summed E-state index contributed by atoms with van der Waals surface area (Å²) >= 11 is 1.36. The Labute approximate surface area is 210 Å². The summed E-state index contributed by atoms with van der Waals surface area (Å²) in [5.74, 6) is 1.71. The van der Waals surface area contributed by atoms with E-state index in [9.17, 15) is 4.79 Å². The minimum atomic E-state index is -0.420. The fourth-order valence-corrected chi connectivity index (χ4v) is 4.61. The van der Waals surface area contributed by atoms with E-state index < -0.39 is 5.91 Å². The number of ether oxygens (including phenoxy) is 2. The topological polar surface area (TPSA) is 87.3 Å². The Kier molecular flexibility index (Phi) is 8.02. The largest absolute Gasteiger partial charge is 0.490 e. The molecule has 0 unspecified atom stereocenters. The number of aliphatic imine (C=N–C) groups is 1. The van der Waals surface area contributed by atoms with E-state index >= 15 is 0 Å². The predicted octanol–water partition coefficient (Wildman–Crippen LogP) is 6.08. The predicted molar refractivity (Wildman–Crippen MR) is 142 cm³/mol. The third-order valence-corrected chi connectivity index (χ3v) is 6.80. The van der Waals surface area contributed by atoms with Crippen molar-refractivity contribution in [1.29, 1.82) is 5.41 Å². The number of hydrogen-bond donors (Lipinski definition) is 1.